The van der Waals surface area contributed by atoms with Crippen LogP contribution in [0.1, 0.15) is 43.8 Å². The molecule has 0 unspecified atom stereocenters. The first-order chi connectivity index (χ1) is 18.4. The largest absolute Gasteiger partial charge is 0.490 e. The van der Waals surface area contributed by atoms with Gasteiger partial charge in [-0.1, -0.05) is 22.0 Å². The summed E-state index contributed by atoms with van der Waals surface area (Å²) in [5.74, 6) is -0.794. The Kier molecular flexibility index (Phi) is 8.68. The predicted octanol–water partition coefficient (Wildman–Crippen LogP) is 5.68. The molecule has 3 aromatic carbocycles. The Morgan fingerprint density at radius 2 is 1.74 bits per heavy atom. The second kappa shape index (κ2) is 12.5. The van der Waals surface area contributed by atoms with Crippen molar-refractivity contribution in [3.8, 4) is 11.5 Å². The molecule has 0 atom stereocenters. The summed E-state index contributed by atoms with van der Waals surface area (Å²) in [6, 6.07) is 21.4. The molecule has 9 nitrogen and oxygen atoms in total. The number of halogens is 1. The van der Waals surface area contributed by atoms with E-state index in [1.54, 1.807) is 79.7 Å². The monoisotopic (exact) mass is 575 g/mol. The number of ether oxygens (including phenoxy) is 2. The summed E-state index contributed by atoms with van der Waals surface area (Å²) in [5, 5.41) is 6.77. The molecule has 0 saturated carbocycles. The van der Waals surface area contributed by atoms with Crippen molar-refractivity contribution in [3.05, 3.63) is 112 Å². The molecule has 4 aromatic rings. The zero-order valence-corrected chi connectivity index (χ0v) is 21.7. The van der Waals surface area contributed by atoms with E-state index in [0.717, 1.165) is 4.47 Å². The first kappa shape index (κ1) is 26.4. The third kappa shape index (κ3) is 6.95. The Morgan fingerprint density at radius 3 is 2.47 bits per heavy atom. The van der Waals surface area contributed by atoms with Gasteiger partial charge >= 0.3 is 5.97 Å². The van der Waals surface area contributed by atoms with Crippen LogP contribution in [0.5, 0.6) is 11.5 Å². The molecule has 0 spiro atoms. The van der Waals surface area contributed by atoms with Crippen molar-refractivity contribution in [2.75, 3.05) is 11.9 Å². The molecule has 0 aliphatic heterocycles. The van der Waals surface area contributed by atoms with Crippen molar-refractivity contribution in [1.29, 1.82) is 0 Å². The Morgan fingerprint density at radius 1 is 0.921 bits per heavy atom. The predicted molar refractivity (Wildman–Crippen MR) is 145 cm³/mol. The zero-order valence-electron chi connectivity index (χ0n) is 20.1. The number of hydrogen-bond acceptors (Lipinski definition) is 7. The fourth-order valence-corrected chi connectivity index (χ4v) is 3.54. The number of rotatable bonds is 9. The SMILES string of the molecule is CCOc1cc(C=NNC(=O)c2cccc(NC(=O)c3ccc(Br)cc3)c2)ccc1OC(=O)c1ccco1. The van der Waals surface area contributed by atoms with Gasteiger partial charge in [0.15, 0.2) is 11.5 Å². The van der Waals surface area contributed by atoms with E-state index in [-0.39, 0.29) is 17.4 Å². The highest BCUT2D eigenvalue weighted by molar-refractivity contribution is 9.10. The molecule has 38 heavy (non-hydrogen) atoms. The van der Waals surface area contributed by atoms with E-state index in [1.165, 1.54) is 18.5 Å². The maximum atomic E-state index is 12.6. The van der Waals surface area contributed by atoms with Crippen LogP contribution in [0.3, 0.4) is 0 Å². The van der Waals surface area contributed by atoms with Crippen LogP contribution in [-0.2, 0) is 0 Å². The number of amides is 2. The lowest BCUT2D eigenvalue weighted by Gasteiger charge is -2.10. The van der Waals surface area contributed by atoms with Crippen LogP contribution in [-0.4, -0.2) is 30.6 Å². The summed E-state index contributed by atoms with van der Waals surface area (Å²) in [6.45, 7) is 2.14. The lowest BCUT2D eigenvalue weighted by Crippen LogP contribution is -2.18. The number of benzene rings is 3. The van der Waals surface area contributed by atoms with Crippen LogP contribution in [0.25, 0.3) is 0 Å². The van der Waals surface area contributed by atoms with Crippen LogP contribution in [0.2, 0.25) is 0 Å². The molecule has 192 valence electrons. The Labute approximate surface area is 226 Å². The van der Waals surface area contributed by atoms with E-state index in [0.29, 0.717) is 34.7 Å². The molecule has 2 N–H and O–H groups in total. The van der Waals surface area contributed by atoms with Gasteiger partial charge < -0.3 is 19.2 Å². The van der Waals surface area contributed by atoms with E-state index in [9.17, 15) is 14.4 Å². The maximum Gasteiger partial charge on any atom is 0.379 e. The number of hydrazone groups is 1. The number of hydrogen-bond donors (Lipinski definition) is 2. The number of carbonyl (C=O) groups is 3. The van der Waals surface area contributed by atoms with Crippen molar-refractivity contribution in [2.24, 2.45) is 5.10 Å². The van der Waals surface area contributed by atoms with Gasteiger partial charge in [0.25, 0.3) is 11.8 Å². The van der Waals surface area contributed by atoms with Crippen molar-refractivity contribution < 1.29 is 28.3 Å². The standard InChI is InChI=1S/C28H22BrN3O6/c1-2-36-25-15-18(8-13-23(25)38-28(35)24-7-4-14-37-24)17-30-32-27(34)20-5-3-6-22(16-20)31-26(33)19-9-11-21(29)12-10-19/h3-17H,2H2,1H3,(H,31,33)(H,32,34). The molecule has 0 aliphatic carbocycles. The van der Waals surface area contributed by atoms with Gasteiger partial charge in [0.05, 0.1) is 19.1 Å². The molecule has 0 fully saturated rings. The van der Waals surface area contributed by atoms with Gasteiger partial charge in [-0.25, -0.2) is 10.2 Å². The van der Waals surface area contributed by atoms with Crippen molar-refractivity contribution >= 4 is 45.6 Å². The van der Waals surface area contributed by atoms with Gasteiger partial charge in [-0.3, -0.25) is 9.59 Å². The highest BCUT2D eigenvalue weighted by atomic mass is 79.9. The molecule has 2 amide bonds. The summed E-state index contributed by atoms with van der Waals surface area (Å²) in [5.41, 5.74) is 4.32. The third-order valence-corrected chi connectivity index (χ3v) is 5.59. The minimum Gasteiger partial charge on any atom is -0.490 e. The minimum absolute atomic E-state index is 0.0674. The lowest BCUT2D eigenvalue weighted by molar-refractivity contribution is 0.0694. The Balaban J connectivity index is 1.39. The van der Waals surface area contributed by atoms with Gasteiger partial charge in [-0.15, -0.1) is 0 Å². The number of nitrogens with one attached hydrogen (secondary N) is 2. The van der Waals surface area contributed by atoms with Crippen LogP contribution in [0.4, 0.5) is 5.69 Å². The van der Waals surface area contributed by atoms with Crippen molar-refractivity contribution in [1.82, 2.24) is 5.43 Å². The normalized spacial score (nSPS) is 10.7. The number of anilines is 1. The molecule has 1 heterocycles. The molecular weight excluding hydrogens is 554 g/mol. The van der Waals surface area contributed by atoms with E-state index >= 15 is 0 Å². The summed E-state index contributed by atoms with van der Waals surface area (Å²) in [6.07, 6.45) is 2.81. The van der Waals surface area contributed by atoms with Crippen molar-refractivity contribution in [2.45, 2.75) is 6.92 Å². The maximum absolute atomic E-state index is 12.6. The average molecular weight is 576 g/mol. The Hall–Kier alpha value is -4.70. The first-order valence-corrected chi connectivity index (χ1v) is 12.2. The first-order valence-electron chi connectivity index (χ1n) is 11.5. The molecule has 10 heteroatoms. The van der Waals surface area contributed by atoms with Gasteiger partial charge in [0.2, 0.25) is 5.76 Å². The summed E-state index contributed by atoms with van der Waals surface area (Å²) >= 11 is 3.34. The summed E-state index contributed by atoms with van der Waals surface area (Å²) < 4.78 is 16.9. The number of esters is 1. The second-order valence-electron chi connectivity index (χ2n) is 7.75. The lowest BCUT2D eigenvalue weighted by atomic mass is 10.1. The second-order valence-corrected chi connectivity index (χ2v) is 8.66. The summed E-state index contributed by atoms with van der Waals surface area (Å²) in [7, 11) is 0. The molecule has 0 bridgehead atoms. The van der Waals surface area contributed by atoms with Gasteiger partial charge in [0, 0.05) is 21.3 Å². The Bertz CT molecular complexity index is 1470. The van der Waals surface area contributed by atoms with Gasteiger partial charge in [-0.2, -0.15) is 5.10 Å². The highest BCUT2D eigenvalue weighted by Crippen LogP contribution is 2.29. The highest BCUT2D eigenvalue weighted by Gasteiger charge is 2.15. The topological polar surface area (TPSA) is 119 Å². The fourth-order valence-electron chi connectivity index (χ4n) is 3.28. The van der Waals surface area contributed by atoms with Crippen LogP contribution < -0.4 is 20.2 Å². The minimum atomic E-state index is -0.653. The molecule has 1 aromatic heterocycles. The number of carbonyl (C=O) groups excluding carboxylic acids is 3. The van der Waals surface area contributed by atoms with E-state index in [1.807, 2.05) is 0 Å². The van der Waals surface area contributed by atoms with E-state index < -0.39 is 11.9 Å². The molecule has 0 aliphatic rings. The zero-order chi connectivity index (χ0) is 26.9. The van der Waals surface area contributed by atoms with Gasteiger partial charge in [0.1, 0.15) is 0 Å². The number of nitrogens with zero attached hydrogens (tertiary/aromatic N) is 1. The third-order valence-electron chi connectivity index (χ3n) is 5.06. The molecule has 0 radical (unpaired) electrons. The van der Waals surface area contributed by atoms with Crippen LogP contribution >= 0.6 is 15.9 Å². The summed E-state index contributed by atoms with van der Waals surface area (Å²) in [4.78, 5) is 37.3. The van der Waals surface area contributed by atoms with Crippen LogP contribution in [0, 0.1) is 0 Å². The van der Waals surface area contributed by atoms with Gasteiger partial charge in [-0.05, 0) is 85.3 Å². The smallest absolute Gasteiger partial charge is 0.379 e. The molecule has 0 saturated heterocycles. The fraction of sp³-hybridized carbons (Fsp3) is 0.0714. The number of furan rings is 1. The van der Waals surface area contributed by atoms with E-state index in [2.05, 4.69) is 31.8 Å². The van der Waals surface area contributed by atoms with E-state index in [4.69, 9.17) is 13.9 Å². The van der Waals surface area contributed by atoms with Crippen LogP contribution in [0.15, 0.2) is 99.1 Å². The van der Waals surface area contributed by atoms with Crippen molar-refractivity contribution in [3.63, 3.8) is 0 Å². The average Bonchev–Trinajstić information content (AvgIpc) is 3.46. The molecule has 4 rings (SSSR count). The molecular formula is C28H22BrN3O6. The quantitative estimate of drug-likeness (QED) is 0.115.